The Morgan fingerprint density at radius 2 is 1.69 bits per heavy atom. The molecule has 0 amide bonds. The quantitative estimate of drug-likeness (QED) is 0.802. The second kappa shape index (κ2) is 5.50. The van der Waals surface area contributed by atoms with E-state index in [2.05, 4.69) is 39.6 Å². The third-order valence-electron chi connectivity index (χ3n) is 4.35. The van der Waals surface area contributed by atoms with Crippen LogP contribution in [0.15, 0.2) is 0 Å². The fourth-order valence-electron chi connectivity index (χ4n) is 2.60. The summed E-state index contributed by atoms with van der Waals surface area (Å²) in [6, 6.07) is 1.12. The van der Waals surface area contributed by atoms with Gasteiger partial charge in [0.1, 0.15) is 0 Å². The van der Waals surface area contributed by atoms with Gasteiger partial charge in [0.2, 0.25) is 0 Å². The Bertz CT molecular complexity index is 199. The molecule has 1 atom stereocenters. The lowest BCUT2D eigenvalue weighted by Crippen LogP contribution is -2.42. The smallest absolute Gasteiger partial charge is 0.0112 e. The third-order valence-corrected chi connectivity index (χ3v) is 4.35. The zero-order valence-corrected chi connectivity index (χ0v) is 11.8. The van der Waals surface area contributed by atoms with Crippen LogP contribution in [0.1, 0.15) is 53.4 Å². The molecule has 0 bridgehead atoms. The third kappa shape index (κ3) is 4.06. The minimum atomic E-state index is 0.375. The van der Waals surface area contributed by atoms with Crippen LogP contribution in [-0.4, -0.2) is 30.6 Å². The van der Waals surface area contributed by atoms with Crippen LogP contribution in [0.4, 0.5) is 0 Å². The number of nitrogens with two attached hydrogens (primary N) is 1. The number of hydrogen-bond donors (Lipinski definition) is 1. The predicted molar refractivity (Wildman–Crippen MR) is 71.5 cm³/mol. The maximum atomic E-state index is 5.94. The molecule has 2 heteroatoms. The highest BCUT2D eigenvalue weighted by atomic mass is 15.1. The molecule has 1 saturated carbocycles. The van der Waals surface area contributed by atoms with Crippen molar-refractivity contribution in [2.45, 2.75) is 65.5 Å². The molecule has 2 N–H and O–H groups in total. The predicted octanol–water partition coefficient (Wildman–Crippen LogP) is 2.87. The van der Waals surface area contributed by atoms with E-state index in [0.717, 1.165) is 5.92 Å². The first-order valence-electron chi connectivity index (χ1n) is 6.76. The van der Waals surface area contributed by atoms with Crippen molar-refractivity contribution < 1.29 is 0 Å². The molecule has 0 aliphatic heterocycles. The Morgan fingerprint density at radius 3 is 2.12 bits per heavy atom. The molecular weight excluding hydrogens is 196 g/mol. The Labute approximate surface area is 102 Å². The molecule has 0 radical (unpaired) electrons. The van der Waals surface area contributed by atoms with Crippen LogP contribution >= 0.6 is 0 Å². The van der Waals surface area contributed by atoms with E-state index in [4.69, 9.17) is 5.73 Å². The van der Waals surface area contributed by atoms with Gasteiger partial charge in [0.05, 0.1) is 0 Å². The largest absolute Gasteiger partial charge is 0.328 e. The van der Waals surface area contributed by atoms with E-state index < -0.39 is 0 Å². The van der Waals surface area contributed by atoms with Crippen molar-refractivity contribution in [3.63, 3.8) is 0 Å². The van der Waals surface area contributed by atoms with Gasteiger partial charge in [0.25, 0.3) is 0 Å². The minimum Gasteiger partial charge on any atom is -0.328 e. The fourth-order valence-corrected chi connectivity index (χ4v) is 2.60. The number of nitrogens with zero attached hydrogens (tertiary/aromatic N) is 1. The van der Waals surface area contributed by atoms with E-state index in [0.29, 0.717) is 17.5 Å². The first-order valence-corrected chi connectivity index (χ1v) is 6.76. The summed E-state index contributed by atoms with van der Waals surface area (Å²) >= 11 is 0. The van der Waals surface area contributed by atoms with Gasteiger partial charge in [-0.15, -0.1) is 0 Å². The lowest BCUT2D eigenvalue weighted by Gasteiger charge is -2.38. The Balaban J connectivity index is 2.37. The van der Waals surface area contributed by atoms with Crippen LogP contribution < -0.4 is 5.73 Å². The molecule has 0 spiro atoms. The maximum absolute atomic E-state index is 5.94. The van der Waals surface area contributed by atoms with Crippen LogP contribution in [0.5, 0.6) is 0 Å². The van der Waals surface area contributed by atoms with Crippen molar-refractivity contribution in [3.05, 3.63) is 0 Å². The molecule has 0 aromatic heterocycles. The van der Waals surface area contributed by atoms with Gasteiger partial charge in [0, 0.05) is 18.6 Å². The summed E-state index contributed by atoms with van der Waals surface area (Å²) in [7, 11) is 2.27. The van der Waals surface area contributed by atoms with Crippen LogP contribution in [0.3, 0.4) is 0 Å². The zero-order chi connectivity index (χ0) is 12.3. The topological polar surface area (TPSA) is 29.3 Å². The van der Waals surface area contributed by atoms with Crippen LogP contribution in [0, 0.1) is 11.3 Å². The standard InChI is InChI=1S/C14H30N2/c1-11(14(2,3)4)16(5)10-12-6-8-13(15)9-7-12/h11-13H,6-10,15H2,1-5H3. The van der Waals surface area contributed by atoms with Crippen molar-refractivity contribution >= 4 is 0 Å². The number of rotatable bonds is 3. The van der Waals surface area contributed by atoms with Gasteiger partial charge in [-0.1, -0.05) is 20.8 Å². The van der Waals surface area contributed by atoms with Crippen molar-refractivity contribution in [1.29, 1.82) is 0 Å². The molecule has 1 aliphatic rings. The van der Waals surface area contributed by atoms with Crippen molar-refractivity contribution in [2.24, 2.45) is 17.1 Å². The van der Waals surface area contributed by atoms with Crippen LogP contribution in [-0.2, 0) is 0 Å². The van der Waals surface area contributed by atoms with Gasteiger partial charge >= 0.3 is 0 Å². The molecule has 1 rings (SSSR count). The fraction of sp³-hybridized carbons (Fsp3) is 1.00. The Kier molecular flexibility index (Phi) is 4.81. The minimum absolute atomic E-state index is 0.375. The molecule has 0 aromatic rings. The summed E-state index contributed by atoms with van der Waals surface area (Å²) < 4.78 is 0. The van der Waals surface area contributed by atoms with Gasteiger partial charge in [-0.25, -0.2) is 0 Å². The normalized spacial score (nSPS) is 29.4. The lowest BCUT2D eigenvalue weighted by atomic mass is 9.83. The molecule has 1 unspecified atom stereocenters. The average molecular weight is 226 g/mol. The van der Waals surface area contributed by atoms with Crippen LogP contribution in [0.2, 0.25) is 0 Å². The molecule has 96 valence electrons. The Morgan fingerprint density at radius 1 is 1.19 bits per heavy atom. The molecule has 16 heavy (non-hydrogen) atoms. The van der Waals surface area contributed by atoms with Crippen molar-refractivity contribution in [1.82, 2.24) is 4.90 Å². The number of hydrogen-bond acceptors (Lipinski definition) is 2. The average Bonchev–Trinajstić information content (AvgIpc) is 2.19. The first kappa shape index (κ1) is 14.0. The van der Waals surface area contributed by atoms with Crippen LogP contribution in [0.25, 0.3) is 0 Å². The van der Waals surface area contributed by atoms with E-state index in [-0.39, 0.29) is 0 Å². The van der Waals surface area contributed by atoms with Gasteiger partial charge < -0.3 is 10.6 Å². The molecule has 0 heterocycles. The molecule has 1 aliphatic carbocycles. The van der Waals surface area contributed by atoms with Gasteiger partial charge in [0.15, 0.2) is 0 Å². The van der Waals surface area contributed by atoms with E-state index in [1.54, 1.807) is 0 Å². The van der Waals surface area contributed by atoms with Gasteiger partial charge in [-0.05, 0) is 51.0 Å². The highest BCUT2D eigenvalue weighted by molar-refractivity contribution is 4.81. The summed E-state index contributed by atoms with van der Waals surface area (Å²) in [6.45, 7) is 10.6. The first-order chi connectivity index (χ1) is 7.30. The van der Waals surface area contributed by atoms with Gasteiger partial charge in [-0.2, -0.15) is 0 Å². The van der Waals surface area contributed by atoms with E-state index in [1.165, 1.54) is 32.2 Å². The summed E-state index contributed by atoms with van der Waals surface area (Å²) in [5.74, 6) is 0.870. The van der Waals surface area contributed by atoms with Crippen molar-refractivity contribution in [3.8, 4) is 0 Å². The molecule has 0 aromatic carbocycles. The zero-order valence-electron chi connectivity index (χ0n) is 11.8. The summed E-state index contributed by atoms with van der Waals surface area (Å²) in [5.41, 5.74) is 6.32. The Hall–Kier alpha value is -0.0800. The molecule has 0 saturated heterocycles. The van der Waals surface area contributed by atoms with Gasteiger partial charge in [-0.3, -0.25) is 0 Å². The highest BCUT2D eigenvalue weighted by Gasteiger charge is 2.26. The summed E-state index contributed by atoms with van der Waals surface area (Å²) in [4.78, 5) is 2.53. The van der Waals surface area contributed by atoms with Crippen molar-refractivity contribution in [2.75, 3.05) is 13.6 Å². The van der Waals surface area contributed by atoms with E-state index in [1.807, 2.05) is 0 Å². The summed E-state index contributed by atoms with van der Waals surface area (Å²) in [5, 5.41) is 0. The lowest BCUT2D eigenvalue weighted by molar-refractivity contribution is 0.111. The maximum Gasteiger partial charge on any atom is 0.0112 e. The molecular formula is C14H30N2. The van der Waals surface area contributed by atoms with E-state index >= 15 is 0 Å². The second-order valence-corrected chi connectivity index (χ2v) is 6.76. The molecule has 1 fully saturated rings. The monoisotopic (exact) mass is 226 g/mol. The van der Waals surface area contributed by atoms with E-state index in [9.17, 15) is 0 Å². The highest BCUT2D eigenvalue weighted by Crippen LogP contribution is 2.27. The SMILES string of the molecule is CC(N(C)CC1CCC(N)CC1)C(C)(C)C. The second-order valence-electron chi connectivity index (χ2n) is 6.76. The molecule has 2 nitrogen and oxygen atoms in total. The summed E-state index contributed by atoms with van der Waals surface area (Å²) in [6.07, 6.45) is 5.09.